The van der Waals surface area contributed by atoms with Crippen LogP contribution in [0.3, 0.4) is 0 Å². The lowest BCUT2D eigenvalue weighted by molar-refractivity contribution is -0.125. The maximum atomic E-state index is 12.2. The topological polar surface area (TPSA) is 97.1 Å². The summed E-state index contributed by atoms with van der Waals surface area (Å²) >= 11 is 0. The molecule has 0 aliphatic rings. The summed E-state index contributed by atoms with van der Waals surface area (Å²) in [6.45, 7) is 6.44. The Morgan fingerprint density at radius 1 is 1.15 bits per heavy atom. The van der Waals surface area contributed by atoms with Crippen molar-refractivity contribution in [2.45, 2.75) is 46.1 Å². The number of hydrogen-bond acceptors (Lipinski definition) is 5. The summed E-state index contributed by atoms with van der Waals surface area (Å²) < 4.78 is 4.71. The van der Waals surface area contributed by atoms with Crippen LogP contribution in [0.2, 0.25) is 0 Å². The van der Waals surface area contributed by atoms with Crippen LogP contribution in [0.1, 0.15) is 50.4 Å². The van der Waals surface area contributed by atoms with Crippen molar-refractivity contribution in [3.63, 3.8) is 0 Å². The average Bonchev–Trinajstić information content (AvgIpc) is 3.16. The summed E-state index contributed by atoms with van der Waals surface area (Å²) in [5.74, 6) is 0.429. The Balaban J connectivity index is 1.75. The Morgan fingerprint density at radius 3 is 2.50 bits per heavy atom. The molecule has 140 valence electrons. The first-order chi connectivity index (χ1) is 12.5. The molecule has 26 heavy (non-hydrogen) atoms. The summed E-state index contributed by atoms with van der Waals surface area (Å²) in [6, 6.07) is 7.01. The Kier molecular flexibility index (Phi) is 7.32. The third kappa shape index (κ3) is 5.68. The second-order valence-corrected chi connectivity index (χ2v) is 6.48. The first-order valence-electron chi connectivity index (χ1n) is 8.96. The van der Waals surface area contributed by atoms with Gasteiger partial charge in [0.05, 0.1) is 0 Å². The average molecular weight is 358 g/mol. The van der Waals surface area contributed by atoms with Crippen LogP contribution in [-0.2, 0) is 4.79 Å². The van der Waals surface area contributed by atoms with Gasteiger partial charge in [-0.15, -0.1) is 0 Å². The fourth-order valence-electron chi connectivity index (χ4n) is 2.59. The van der Waals surface area contributed by atoms with E-state index in [4.69, 9.17) is 4.52 Å². The molecule has 0 radical (unpaired) electrons. The highest BCUT2D eigenvalue weighted by atomic mass is 16.5. The highest BCUT2D eigenvalue weighted by Crippen LogP contribution is 2.15. The van der Waals surface area contributed by atoms with Crippen LogP contribution in [0.25, 0.3) is 11.4 Å². The quantitative estimate of drug-likeness (QED) is 0.718. The lowest BCUT2D eigenvalue weighted by atomic mass is 10.0. The molecule has 1 aromatic heterocycles. The van der Waals surface area contributed by atoms with Crippen LogP contribution >= 0.6 is 0 Å². The molecule has 0 saturated carbocycles. The molecule has 1 unspecified atom stereocenters. The number of benzene rings is 1. The molecule has 0 aliphatic heterocycles. The van der Waals surface area contributed by atoms with Gasteiger partial charge < -0.3 is 15.2 Å². The predicted octanol–water partition coefficient (Wildman–Crippen LogP) is 2.80. The summed E-state index contributed by atoms with van der Waals surface area (Å²) in [4.78, 5) is 28.1. The second-order valence-electron chi connectivity index (χ2n) is 6.48. The monoisotopic (exact) mass is 358 g/mol. The molecule has 1 aromatic carbocycles. The first-order valence-corrected chi connectivity index (χ1v) is 8.96. The second kappa shape index (κ2) is 9.70. The van der Waals surface area contributed by atoms with Crippen molar-refractivity contribution < 1.29 is 14.1 Å². The number of hydrogen-bond donors (Lipinski definition) is 2. The third-order valence-electron chi connectivity index (χ3n) is 4.19. The van der Waals surface area contributed by atoms with E-state index >= 15 is 0 Å². The number of nitrogens with zero attached hydrogens (tertiary/aromatic N) is 2. The molecule has 2 atom stereocenters. The number of amides is 2. The van der Waals surface area contributed by atoms with E-state index in [1.165, 1.54) is 6.39 Å². The van der Waals surface area contributed by atoms with Gasteiger partial charge in [0.25, 0.3) is 5.91 Å². The minimum Gasteiger partial charge on any atom is -0.353 e. The highest BCUT2D eigenvalue weighted by molar-refractivity contribution is 5.94. The zero-order chi connectivity index (χ0) is 18.9. The van der Waals surface area contributed by atoms with Crippen LogP contribution in [0.4, 0.5) is 0 Å². The third-order valence-corrected chi connectivity index (χ3v) is 4.19. The molecule has 0 bridgehead atoms. The van der Waals surface area contributed by atoms with Crippen molar-refractivity contribution in [2.75, 3.05) is 6.54 Å². The normalized spacial score (nSPS) is 13.0. The van der Waals surface area contributed by atoms with Crippen molar-refractivity contribution in [3.8, 4) is 11.4 Å². The Bertz CT molecular complexity index is 698. The minimum atomic E-state index is -0.150. The van der Waals surface area contributed by atoms with Gasteiger partial charge in [-0.05, 0) is 31.9 Å². The smallest absolute Gasteiger partial charge is 0.251 e. The maximum absolute atomic E-state index is 12.2. The largest absolute Gasteiger partial charge is 0.353 e. The van der Waals surface area contributed by atoms with Gasteiger partial charge in [-0.25, -0.2) is 0 Å². The predicted molar refractivity (Wildman–Crippen MR) is 98.4 cm³/mol. The zero-order valence-electron chi connectivity index (χ0n) is 15.5. The molecule has 2 aromatic rings. The molecule has 0 spiro atoms. The van der Waals surface area contributed by atoms with Gasteiger partial charge in [0.2, 0.25) is 18.1 Å². The number of rotatable bonds is 9. The van der Waals surface area contributed by atoms with E-state index in [0.717, 1.165) is 18.4 Å². The van der Waals surface area contributed by atoms with Crippen LogP contribution in [-0.4, -0.2) is 34.5 Å². The molecule has 7 nitrogen and oxygen atoms in total. The van der Waals surface area contributed by atoms with Gasteiger partial charge in [0.1, 0.15) is 0 Å². The van der Waals surface area contributed by atoms with E-state index < -0.39 is 0 Å². The van der Waals surface area contributed by atoms with Gasteiger partial charge in [0.15, 0.2) is 0 Å². The van der Waals surface area contributed by atoms with Crippen molar-refractivity contribution in [2.24, 2.45) is 5.92 Å². The van der Waals surface area contributed by atoms with Gasteiger partial charge in [0, 0.05) is 29.6 Å². The summed E-state index contributed by atoms with van der Waals surface area (Å²) in [7, 11) is 0. The van der Waals surface area contributed by atoms with Crippen molar-refractivity contribution in [1.29, 1.82) is 0 Å². The fraction of sp³-hybridized carbons (Fsp3) is 0.474. The Labute approximate surface area is 153 Å². The SMILES string of the molecule is CCCC(C)C(=O)N[C@@H](C)CCNC(=O)c1ccc(-c2ncon2)cc1. The summed E-state index contributed by atoms with van der Waals surface area (Å²) in [5, 5.41) is 9.62. The van der Waals surface area contributed by atoms with Crippen molar-refractivity contribution >= 4 is 11.8 Å². The van der Waals surface area contributed by atoms with E-state index in [0.29, 0.717) is 24.4 Å². The molecule has 2 N–H and O–H groups in total. The summed E-state index contributed by atoms with van der Waals surface area (Å²) in [5.41, 5.74) is 1.35. The van der Waals surface area contributed by atoms with E-state index in [-0.39, 0.29) is 23.8 Å². The highest BCUT2D eigenvalue weighted by Gasteiger charge is 2.14. The van der Waals surface area contributed by atoms with E-state index in [2.05, 4.69) is 27.7 Å². The first kappa shape index (κ1) is 19.6. The number of carbonyl (C=O) groups is 2. The van der Waals surface area contributed by atoms with Crippen LogP contribution in [0, 0.1) is 5.92 Å². The van der Waals surface area contributed by atoms with Gasteiger partial charge >= 0.3 is 0 Å². The fourth-order valence-corrected chi connectivity index (χ4v) is 2.59. The standard InChI is InChI=1S/C19H26N4O3/c1-4-5-13(2)18(24)22-14(3)10-11-20-19(25)16-8-6-15(7-9-16)17-21-12-26-23-17/h6-9,12-14H,4-5,10-11H2,1-3H3,(H,20,25)(H,22,24)/t13?,14-/m0/s1. The lowest BCUT2D eigenvalue weighted by Gasteiger charge is -2.17. The maximum Gasteiger partial charge on any atom is 0.251 e. The van der Waals surface area contributed by atoms with E-state index in [9.17, 15) is 9.59 Å². The molecule has 2 rings (SSSR count). The molecule has 0 aliphatic carbocycles. The van der Waals surface area contributed by atoms with E-state index in [1.807, 2.05) is 13.8 Å². The molecular weight excluding hydrogens is 332 g/mol. The molecule has 0 saturated heterocycles. The number of aromatic nitrogens is 2. The number of nitrogens with one attached hydrogen (secondary N) is 2. The minimum absolute atomic E-state index is 0.0164. The molecular formula is C19H26N4O3. The molecule has 2 amide bonds. The van der Waals surface area contributed by atoms with Crippen molar-refractivity contribution in [1.82, 2.24) is 20.8 Å². The van der Waals surface area contributed by atoms with Crippen LogP contribution in [0.15, 0.2) is 35.2 Å². The zero-order valence-corrected chi connectivity index (χ0v) is 15.5. The van der Waals surface area contributed by atoms with E-state index in [1.54, 1.807) is 24.3 Å². The van der Waals surface area contributed by atoms with Crippen LogP contribution < -0.4 is 10.6 Å². The van der Waals surface area contributed by atoms with Crippen molar-refractivity contribution in [3.05, 3.63) is 36.2 Å². The Morgan fingerprint density at radius 2 is 1.88 bits per heavy atom. The van der Waals surface area contributed by atoms with Gasteiger partial charge in [-0.3, -0.25) is 9.59 Å². The summed E-state index contributed by atoms with van der Waals surface area (Å²) in [6.07, 6.45) is 3.82. The van der Waals surface area contributed by atoms with Crippen LogP contribution in [0.5, 0.6) is 0 Å². The van der Waals surface area contributed by atoms with Gasteiger partial charge in [-0.2, -0.15) is 4.98 Å². The molecule has 7 heteroatoms. The van der Waals surface area contributed by atoms with Gasteiger partial charge in [-0.1, -0.05) is 37.6 Å². The molecule has 0 fully saturated rings. The Hall–Kier alpha value is -2.70. The molecule has 1 heterocycles. The number of carbonyl (C=O) groups excluding carboxylic acids is 2. The lowest BCUT2D eigenvalue weighted by Crippen LogP contribution is -2.38.